The van der Waals surface area contributed by atoms with E-state index in [9.17, 15) is 4.79 Å². The summed E-state index contributed by atoms with van der Waals surface area (Å²) in [4.78, 5) is 12.0. The maximum Gasteiger partial charge on any atom is 0.344 e. The second kappa shape index (κ2) is 4.60. The van der Waals surface area contributed by atoms with E-state index in [0.717, 1.165) is 21.9 Å². The molecule has 3 aromatic rings. The molecule has 21 heavy (non-hydrogen) atoms. The molecule has 0 spiro atoms. The average Bonchev–Trinajstić information content (AvgIpc) is 2.82. The van der Waals surface area contributed by atoms with Crippen LogP contribution in [-0.4, -0.2) is 5.97 Å². The first-order chi connectivity index (χ1) is 10.3. The summed E-state index contributed by atoms with van der Waals surface area (Å²) in [5.74, 6) is 0.338. The van der Waals surface area contributed by atoms with Crippen molar-refractivity contribution in [3.63, 3.8) is 0 Å². The Bertz CT molecular complexity index is 876. The first kappa shape index (κ1) is 11.9. The van der Waals surface area contributed by atoms with Gasteiger partial charge in [-0.2, -0.15) is 0 Å². The van der Waals surface area contributed by atoms with Crippen molar-refractivity contribution in [3.8, 4) is 0 Å². The average molecular weight is 272 g/mol. The SMILES string of the molecule is O=C1O/C(=C\c2ccccc2)c2cc3ccccc3cc21. The van der Waals surface area contributed by atoms with Gasteiger partial charge in [0.05, 0.1) is 5.56 Å². The number of carbonyl (C=O) groups is 1. The van der Waals surface area contributed by atoms with Crippen molar-refractivity contribution in [3.05, 3.63) is 83.4 Å². The lowest BCUT2D eigenvalue weighted by Gasteiger charge is -2.01. The van der Waals surface area contributed by atoms with Crippen molar-refractivity contribution in [2.75, 3.05) is 0 Å². The Balaban J connectivity index is 1.91. The van der Waals surface area contributed by atoms with E-state index in [1.54, 1.807) is 0 Å². The van der Waals surface area contributed by atoms with E-state index in [4.69, 9.17) is 4.74 Å². The molecule has 0 fully saturated rings. The molecule has 0 aliphatic carbocycles. The number of fused-ring (bicyclic) bond motifs is 2. The maximum atomic E-state index is 12.0. The second-order valence-corrected chi connectivity index (χ2v) is 5.05. The molecular weight excluding hydrogens is 260 g/mol. The lowest BCUT2D eigenvalue weighted by atomic mass is 10.0. The summed E-state index contributed by atoms with van der Waals surface area (Å²) < 4.78 is 5.43. The molecule has 2 nitrogen and oxygen atoms in total. The van der Waals surface area contributed by atoms with E-state index in [2.05, 4.69) is 0 Å². The highest BCUT2D eigenvalue weighted by atomic mass is 16.5. The molecule has 0 saturated heterocycles. The number of hydrogen-bond acceptors (Lipinski definition) is 2. The van der Waals surface area contributed by atoms with E-state index >= 15 is 0 Å². The largest absolute Gasteiger partial charge is 0.422 e. The van der Waals surface area contributed by atoms with Crippen LogP contribution in [0.4, 0.5) is 0 Å². The minimum Gasteiger partial charge on any atom is -0.422 e. The maximum absolute atomic E-state index is 12.0. The lowest BCUT2D eigenvalue weighted by molar-refractivity contribution is 0.0717. The van der Waals surface area contributed by atoms with E-state index in [0.29, 0.717) is 11.3 Å². The van der Waals surface area contributed by atoms with Gasteiger partial charge in [-0.1, -0.05) is 54.6 Å². The van der Waals surface area contributed by atoms with Crippen LogP contribution in [0, 0.1) is 0 Å². The van der Waals surface area contributed by atoms with Crippen molar-refractivity contribution < 1.29 is 9.53 Å². The summed E-state index contributed by atoms with van der Waals surface area (Å²) in [7, 11) is 0. The Morgan fingerprint density at radius 1 is 0.762 bits per heavy atom. The number of esters is 1. The standard InChI is InChI=1S/C19H12O2/c20-19-17-12-15-9-5-4-8-14(15)11-16(17)18(21-19)10-13-6-2-1-3-7-13/h1-12H/b18-10-. The van der Waals surface area contributed by atoms with Crippen molar-refractivity contribution in [2.45, 2.75) is 0 Å². The summed E-state index contributed by atoms with van der Waals surface area (Å²) in [5.41, 5.74) is 2.51. The van der Waals surface area contributed by atoms with Gasteiger partial charge in [0.25, 0.3) is 0 Å². The zero-order chi connectivity index (χ0) is 14.2. The monoisotopic (exact) mass is 272 g/mol. The Hall–Kier alpha value is -2.87. The molecule has 1 aliphatic heterocycles. The normalized spacial score (nSPS) is 15.2. The number of ether oxygens (including phenoxy) is 1. The number of hydrogen-bond donors (Lipinski definition) is 0. The highest BCUT2D eigenvalue weighted by Crippen LogP contribution is 2.34. The van der Waals surface area contributed by atoms with E-state index in [1.165, 1.54) is 0 Å². The minimum absolute atomic E-state index is 0.280. The van der Waals surface area contributed by atoms with Gasteiger partial charge in [0, 0.05) is 5.56 Å². The highest BCUT2D eigenvalue weighted by molar-refractivity contribution is 6.09. The zero-order valence-electron chi connectivity index (χ0n) is 11.2. The molecule has 0 aromatic heterocycles. The van der Waals surface area contributed by atoms with Gasteiger partial charge in [0.2, 0.25) is 0 Å². The van der Waals surface area contributed by atoms with Gasteiger partial charge in [-0.3, -0.25) is 0 Å². The van der Waals surface area contributed by atoms with Gasteiger partial charge in [-0.15, -0.1) is 0 Å². The van der Waals surface area contributed by atoms with Gasteiger partial charge in [0.15, 0.2) is 0 Å². The number of carbonyl (C=O) groups excluding carboxylic acids is 1. The molecule has 0 N–H and O–H groups in total. The zero-order valence-corrected chi connectivity index (χ0v) is 11.2. The van der Waals surface area contributed by atoms with Crippen LogP contribution in [0.1, 0.15) is 21.5 Å². The van der Waals surface area contributed by atoms with Crippen LogP contribution in [0.2, 0.25) is 0 Å². The highest BCUT2D eigenvalue weighted by Gasteiger charge is 2.26. The number of benzene rings is 3. The van der Waals surface area contributed by atoms with Crippen molar-refractivity contribution >= 4 is 28.6 Å². The summed E-state index contributed by atoms with van der Waals surface area (Å²) in [6.45, 7) is 0. The first-order valence-electron chi connectivity index (χ1n) is 6.83. The van der Waals surface area contributed by atoms with Gasteiger partial charge < -0.3 is 4.74 Å². The predicted molar refractivity (Wildman–Crippen MR) is 83.7 cm³/mol. The van der Waals surface area contributed by atoms with Crippen LogP contribution < -0.4 is 0 Å². The molecule has 0 saturated carbocycles. The fraction of sp³-hybridized carbons (Fsp3) is 0. The van der Waals surface area contributed by atoms with E-state index in [1.807, 2.05) is 72.8 Å². The van der Waals surface area contributed by atoms with Crippen molar-refractivity contribution in [1.29, 1.82) is 0 Å². The summed E-state index contributed by atoms with van der Waals surface area (Å²) >= 11 is 0. The smallest absolute Gasteiger partial charge is 0.344 e. The Morgan fingerprint density at radius 3 is 2.10 bits per heavy atom. The quantitative estimate of drug-likeness (QED) is 0.609. The van der Waals surface area contributed by atoms with E-state index < -0.39 is 0 Å². The summed E-state index contributed by atoms with van der Waals surface area (Å²) in [5, 5.41) is 2.16. The van der Waals surface area contributed by atoms with Gasteiger partial charge >= 0.3 is 5.97 Å². The van der Waals surface area contributed by atoms with E-state index in [-0.39, 0.29) is 5.97 Å². The molecule has 2 heteroatoms. The lowest BCUT2D eigenvalue weighted by Crippen LogP contribution is -1.93. The van der Waals surface area contributed by atoms with Crippen molar-refractivity contribution in [1.82, 2.24) is 0 Å². The van der Waals surface area contributed by atoms with Crippen LogP contribution >= 0.6 is 0 Å². The molecule has 4 rings (SSSR count). The number of rotatable bonds is 1. The molecule has 0 unspecified atom stereocenters. The minimum atomic E-state index is -0.280. The van der Waals surface area contributed by atoms with Crippen LogP contribution in [-0.2, 0) is 4.74 Å². The number of cyclic esters (lactones) is 1. The second-order valence-electron chi connectivity index (χ2n) is 5.05. The van der Waals surface area contributed by atoms with Gasteiger partial charge in [-0.25, -0.2) is 4.79 Å². The molecule has 0 bridgehead atoms. The molecule has 0 amide bonds. The molecule has 1 aliphatic rings. The van der Waals surface area contributed by atoms with Gasteiger partial charge in [-0.05, 0) is 34.5 Å². The molecule has 3 aromatic carbocycles. The Kier molecular flexibility index (Phi) is 2.61. The van der Waals surface area contributed by atoms with Gasteiger partial charge in [0.1, 0.15) is 5.76 Å². The van der Waals surface area contributed by atoms with Crippen molar-refractivity contribution in [2.24, 2.45) is 0 Å². The fourth-order valence-corrected chi connectivity index (χ4v) is 2.63. The summed E-state index contributed by atoms with van der Waals surface area (Å²) in [6.07, 6.45) is 1.90. The fourth-order valence-electron chi connectivity index (χ4n) is 2.63. The third-order valence-electron chi connectivity index (χ3n) is 3.67. The predicted octanol–water partition coefficient (Wildman–Crippen LogP) is 4.51. The topological polar surface area (TPSA) is 26.3 Å². The molecule has 0 radical (unpaired) electrons. The molecule has 1 heterocycles. The first-order valence-corrected chi connectivity index (χ1v) is 6.83. The third-order valence-corrected chi connectivity index (χ3v) is 3.67. The van der Waals surface area contributed by atoms with Crippen LogP contribution in [0.3, 0.4) is 0 Å². The Morgan fingerprint density at radius 2 is 1.38 bits per heavy atom. The third kappa shape index (κ3) is 2.01. The van der Waals surface area contributed by atoms with Crippen LogP contribution in [0.5, 0.6) is 0 Å². The molecule has 0 atom stereocenters. The van der Waals surface area contributed by atoms with Crippen LogP contribution in [0.25, 0.3) is 22.6 Å². The summed E-state index contributed by atoms with van der Waals surface area (Å²) in [6, 6.07) is 21.8. The molecule has 100 valence electrons. The van der Waals surface area contributed by atoms with Crippen LogP contribution in [0.15, 0.2) is 66.7 Å². The Labute approximate surface area is 122 Å². The molecular formula is C19H12O2.